The average molecular weight is 361 g/mol. The number of halogens is 1. The maximum atomic E-state index is 9.44. The molecule has 1 aliphatic rings. The van der Waals surface area contributed by atoms with E-state index < -0.39 is 0 Å². The molecule has 134 valence electrons. The van der Waals surface area contributed by atoms with Crippen LogP contribution in [0.1, 0.15) is 18.4 Å². The van der Waals surface area contributed by atoms with Crippen LogP contribution in [0.4, 0.5) is 0 Å². The van der Waals surface area contributed by atoms with E-state index in [1.807, 2.05) is 41.3 Å². The van der Waals surface area contributed by atoms with E-state index in [0.29, 0.717) is 6.04 Å². The Hall–Kier alpha value is -2.16. The van der Waals surface area contributed by atoms with Crippen molar-refractivity contribution < 1.29 is 4.74 Å². The molecule has 1 aromatic carbocycles. The second kappa shape index (κ2) is 9.36. The highest BCUT2D eigenvalue weighted by Crippen LogP contribution is 2.17. The second-order valence-electron chi connectivity index (χ2n) is 6.18. The lowest BCUT2D eigenvalue weighted by Gasteiger charge is -2.36. The summed E-state index contributed by atoms with van der Waals surface area (Å²) in [5.41, 5.74) is 1.34. The molecule has 0 N–H and O–H groups in total. The largest absolute Gasteiger partial charge is 0.497 e. The molecule has 25 heavy (non-hydrogen) atoms. The van der Waals surface area contributed by atoms with Gasteiger partial charge in [-0.05, 0) is 49.1 Å². The summed E-state index contributed by atoms with van der Waals surface area (Å²) in [5, 5.41) is 11.2. The molecular formula is C19H25ClN4O. The molecule has 0 amide bonds. The van der Waals surface area contributed by atoms with Crippen LogP contribution in [-0.4, -0.2) is 42.4 Å². The maximum Gasteiger partial charge on any atom is 0.200 e. The number of rotatable bonds is 6. The maximum absolute atomic E-state index is 9.44. The van der Waals surface area contributed by atoms with Crippen molar-refractivity contribution in [1.82, 2.24) is 9.58 Å². The van der Waals surface area contributed by atoms with E-state index in [4.69, 9.17) is 4.74 Å². The molecule has 1 aliphatic heterocycles. The fourth-order valence-corrected chi connectivity index (χ4v) is 3.26. The Bertz CT molecular complexity index is 658. The Balaban J connectivity index is 0.00000225. The number of likely N-dealkylation sites (tertiary alicyclic amines) is 1. The number of ether oxygens (including phenoxy) is 1. The number of piperidine rings is 1. The van der Waals surface area contributed by atoms with E-state index in [1.54, 1.807) is 12.1 Å². The van der Waals surface area contributed by atoms with Crippen LogP contribution in [0.25, 0.3) is 0 Å². The van der Waals surface area contributed by atoms with Gasteiger partial charge in [0.25, 0.3) is 0 Å². The third-order valence-corrected chi connectivity index (χ3v) is 4.72. The fraction of sp³-hybridized carbons (Fsp3) is 0.421. The molecule has 0 saturated carbocycles. The first kappa shape index (κ1) is 19.2. The number of aromatic nitrogens is 1. The number of methoxy groups -OCH3 is 1. The highest BCUT2D eigenvalue weighted by Gasteiger charge is 2.24. The summed E-state index contributed by atoms with van der Waals surface area (Å²) < 4.78 is 7.08. The van der Waals surface area contributed by atoms with Gasteiger partial charge in [0.05, 0.1) is 13.2 Å². The SMILES string of the molecule is COc1ccc(CCN2CCC(N(C#N)n3cccc3)CC2)cc1.Cl. The number of nitriles is 1. The molecule has 0 bridgehead atoms. The van der Waals surface area contributed by atoms with Crippen LogP contribution < -0.4 is 9.75 Å². The molecule has 2 heterocycles. The van der Waals surface area contributed by atoms with Gasteiger partial charge < -0.3 is 9.64 Å². The Morgan fingerprint density at radius 3 is 2.36 bits per heavy atom. The molecule has 0 atom stereocenters. The van der Waals surface area contributed by atoms with Gasteiger partial charge in [0.1, 0.15) is 5.75 Å². The quantitative estimate of drug-likeness (QED) is 0.586. The van der Waals surface area contributed by atoms with Crippen molar-refractivity contribution in [3.63, 3.8) is 0 Å². The normalized spacial score (nSPS) is 15.2. The minimum Gasteiger partial charge on any atom is -0.497 e. The number of hydrogen-bond donors (Lipinski definition) is 0. The Morgan fingerprint density at radius 2 is 1.80 bits per heavy atom. The molecule has 0 spiro atoms. The number of nitrogens with zero attached hydrogens (tertiary/aromatic N) is 4. The predicted octanol–water partition coefficient (Wildman–Crippen LogP) is 3.04. The second-order valence-corrected chi connectivity index (χ2v) is 6.18. The van der Waals surface area contributed by atoms with E-state index in [1.165, 1.54) is 5.56 Å². The van der Waals surface area contributed by atoms with Gasteiger partial charge in [-0.25, -0.2) is 5.01 Å². The lowest BCUT2D eigenvalue weighted by molar-refractivity contribution is 0.207. The molecular weight excluding hydrogens is 336 g/mol. The highest BCUT2D eigenvalue weighted by molar-refractivity contribution is 5.85. The van der Waals surface area contributed by atoms with Gasteiger partial charge in [-0.3, -0.25) is 4.68 Å². The van der Waals surface area contributed by atoms with Gasteiger partial charge in [-0.1, -0.05) is 12.1 Å². The van der Waals surface area contributed by atoms with Crippen molar-refractivity contribution >= 4 is 12.4 Å². The summed E-state index contributed by atoms with van der Waals surface area (Å²) in [7, 11) is 1.69. The van der Waals surface area contributed by atoms with Gasteiger partial charge in [0.15, 0.2) is 0 Å². The molecule has 1 fully saturated rings. The molecule has 0 aliphatic carbocycles. The summed E-state index contributed by atoms with van der Waals surface area (Å²) in [6, 6.07) is 12.5. The van der Waals surface area contributed by atoms with Crippen LogP contribution in [0, 0.1) is 11.5 Å². The van der Waals surface area contributed by atoms with E-state index in [9.17, 15) is 5.26 Å². The summed E-state index contributed by atoms with van der Waals surface area (Å²) in [6.07, 6.45) is 9.28. The van der Waals surface area contributed by atoms with Crippen LogP contribution in [0.15, 0.2) is 48.8 Å². The fourth-order valence-electron chi connectivity index (χ4n) is 3.26. The molecule has 1 saturated heterocycles. The van der Waals surface area contributed by atoms with Crippen LogP contribution >= 0.6 is 12.4 Å². The van der Waals surface area contributed by atoms with Crippen molar-refractivity contribution in [3.8, 4) is 11.9 Å². The first-order valence-electron chi connectivity index (χ1n) is 8.47. The molecule has 2 aromatic rings. The lowest BCUT2D eigenvalue weighted by atomic mass is 10.0. The third kappa shape index (κ3) is 4.91. The van der Waals surface area contributed by atoms with E-state index >= 15 is 0 Å². The van der Waals surface area contributed by atoms with E-state index in [-0.39, 0.29) is 12.4 Å². The zero-order valence-corrected chi connectivity index (χ0v) is 15.4. The van der Waals surface area contributed by atoms with Crippen molar-refractivity contribution in [2.45, 2.75) is 25.3 Å². The zero-order chi connectivity index (χ0) is 16.8. The standard InChI is InChI=1S/C19H24N4O.ClH/c1-24-19-6-4-17(5-7-19)8-13-21-14-9-18(10-15-21)23(16-20)22-11-2-3-12-22;/h2-7,11-12,18H,8-10,13-15H2,1H3;1H. The Morgan fingerprint density at radius 1 is 1.16 bits per heavy atom. The summed E-state index contributed by atoms with van der Waals surface area (Å²) >= 11 is 0. The molecule has 3 rings (SSSR count). The number of benzene rings is 1. The molecule has 1 aromatic heterocycles. The van der Waals surface area contributed by atoms with Gasteiger partial charge in [0, 0.05) is 32.0 Å². The minimum atomic E-state index is 0. The van der Waals surface area contributed by atoms with E-state index in [2.05, 4.69) is 23.2 Å². The Kier molecular flexibility index (Phi) is 7.17. The summed E-state index contributed by atoms with van der Waals surface area (Å²) in [5.74, 6) is 0.904. The van der Waals surface area contributed by atoms with Crippen LogP contribution in [0.5, 0.6) is 5.75 Å². The van der Waals surface area contributed by atoms with Gasteiger partial charge >= 0.3 is 0 Å². The van der Waals surface area contributed by atoms with Gasteiger partial charge in [-0.15, -0.1) is 12.4 Å². The van der Waals surface area contributed by atoms with Crippen LogP contribution in [0.2, 0.25) is 0 Å². The highest BCUT2D eigenvalue weighted by atomic mass is 35.5. The van der Waals surface area contributed by atoms with Crippen molar-refractivity contribution in [2.75, 3.05) is 31.8 Å². The molecule has 5 nitrogen and oxygen atoms in total. The predicted molar refractivity (Wildman–Crippen MR) is 102 cm³/mol. The first-order chi connectivity index (χ1) is 11.8. The number of hydrogen-bond acceptors (Lipinski definition) is 4. The van der Waals surface area contributed by atoms with E-state index in [0.717, 1.165) is 44.6 Å². The van der Waals surface area contributed by atoms with Crippen LogP contribution in [0.3, 0.4) is 0 Å². The summed E-state index contributed by atoms with van der Waals surface area (Å²) in [6.45, 7) is 3.15. The van der Waals surface area contributed by atoms with Gasteiger partial charge in [-0.2, -0.15) is 5.26 Å². The zero-order valence-electron chi connectivity index (χ0n) is 14.5. The van der Waals surface area contributed by atoms with Crippen molar-refractivity contribution in [1.29, 1.82) is 5.26 Å². The third-order valence-electron chi connectivity index (χ3n) is 4.72. The molecule has 0 radical (unpaired) electrons. The monoisotopic (exact) mass is 360 g/mol. The van der Waals surface area contributed by atoms with Gasteiger partial charge in [0.2, 0.25) is 6.19 Å². The molecule has 6 heteroatoms. The minimum absolute atomic E-state index is 0. The lowest BCUT2D eigenvalue weighted by Crippen LogP contribution is -2.47. The average Bonchev–Trinajstić information content (AvgIpc) is 3.16. The molecule has 0 unspecified atom stereocenters. The summed E-state index contributed by atoms with van der Waals surface area (Å²) in [4.78, 5) is 2.49. The van der Waals surface area contributed by atoms with Crippen LogP contribution in [-0.2, 0) is 6.42 Å². The smallest absolute Gasteiger partial charge is 0.200 e. The first-order valence-corrected chi connectivity index (χ1v) is 8.47. The topological polar surface area (TPSA) is 44.4 Å². The van der Waals surface area contributed by atoms with Crippen molar-refractivity contribution in [2.24, 2.45) is 0 Å². The van der Waals surface area contributed by atoms with Crippen molar-refractivity contribution in [3.05, 3.63) is 54.4 Å². The Labute approximate surface area is 155 Å².